The van der Waals surface area contributed by atoms with Gasteiger partial charge < -0.3 is 4.74 Å². The summed E-state index contributed by atoms with van der Waals surface area (Å²) in [5.41, 5.74) is 0.400. The molecule has 6 heteroatoms. The van der Waals surface area contributed by atoms with Crippen LogP contribution in [0, 0.1) is 0 Å². The van der Waals surface area contributed by atoms with Gasteiger partial charge in [0.1, 0.15) is 6.10 Å². The zero-order chi connectivity index (χ0) is 13.8. The first kappa shape index (κ1) is 14.8. The van der Waals surface area contributed by atoms with Gasteiger partial charge in [0.15, 0.2) is 0 Å². The maximum absolute atomic E-state index is 11.8. The van der Waals surface area contributed by atoms with E-state index in [0.29, 0.717) is 20.8 Å². The van der Waals surface area contributed by atoms with Crippen molar-refractivity contribution in [2.45, 2.75) is 38.2 Å². The Kier molecular flexibility index (Phi) is 5.20. The van der Waals surface area contributed by atoms with Crippen molar-refractivity contribution in [1.82, 2.24) is 0 Å². The van der Waals surface area contributed by atoms with Crippen molar-refractivity contribution in [2.24, 2.45) is 0 Å². The first-order valence-electron chi connectivity index (χ1n) is 6.18. The molecule has 3 nitrogen and oxygen atoms in total. The van der Waals surface area contributed by atoms with E-state index in [0.717, 1.165) is 25.7 Å². The third-order valence-electron chi connectivity index (χ3n) is 3.07. The summed E-state index contributed by atoms with van der Waals surface area (Å²) in [6.07, 6.45) is 4.74. The Hall–Kier alpha value is -0.640. The average molecular weight is 323 g/mol. The molecule has 1 aliphatic carbocycles. The number of nitrogens with one attached hydrogen (secondary N) is 1. The van der Waals surface area contributed by atoms with Crippen molar-refractivity contribution < 1.29 is 9.53 Å². The smallest absolute Gasteiger partial charge is 0.411 e. The second-order valence-electron chi connectivity index (χ2n) is 4.54. The maximum atomic E-state index is 11.8. The third kappa shape index (κ3) is 4.16. The molecule has 1 N–H and O–H groups in total. The molecule has 0 bridgehead atoms. The summed E-state index contributed by atoms with van der Waals surface area (Å²) in [6, 6.07) is 3.00. The Morgan fingerprint density at radius 2 is 1.68 bits per heavy atom. The Balaban J connectivity index is 1.96. The van der Waals surface area contributed by atoms with Crippen LogP contribution in [0.5, 0.6) is 0 Å². The summed E-state index contributed by atoms with van der Waals surface area (Å²) in [7, 11) is 0. The molecule has 0 atom stereocenters. The summed E-state index contributed by atoms with van der Waals surface area (Å²) in [4.78, 5) is 11.8. The van der Waals surface area contributed by atoms with Gasteiger partial charge in [-0.15, -0.1) is 0 Å². The van der Waals surface area contributed by atoms with E-state index in [-0.39, 0.29) is 6.10 Å². The molecule has 1 aromatic carbocycles. The van der Waals surface area contributed by atoms with Crippen molar-refractivity contribution in [3.63, 3.8) is 0 Å². The van der Waals surface area contributed by atoms with Crippen LogP contribution in [0.15, 0.2) is 12.1 Å². The number of ether oxygens (including phenoxy) is 1. The summed E-state index contributed by atoms with van der Waals surface area (Å²) >= 11 is 17.7. The van der Waals surface area contributed by atoms with Crippen molar-refractivity contribution in [3.8, 4) is 0 Å². The predicted octanol–water partition coefficient (Wildman–Crippen LogP) is 5.53. The lowest BCUT2D eigenvalue weighted by molar-refractivity contribution is 0.0865. The predicted molar refractivity (Wildman–Crippen MR) is 78.4 cm³/mol. The fraction of sp³-hybridized carbons (Fsp3) is 0.462. The number of halogens is 3. The molecule has 0 radical (unpaired) electrons. The number of rotatable bonds is 2. The molecular formula is C13H14Cl3NO2. The zero-order valence-electron chi connectivity index (χ0n) is 10.2. The molecule has 0 aliphatic heterocycles. The molecule has 2 rings (SSSR count). The number of carbonyl (C=O) groups is 1. The monoisotopic (exact) mass is 321 g/mol. The van der Waals surface area contributed by atoms with Gasteiger partial charge in [-0.3, -0.25) is 5.32 Å². The molecule has 1 saturated carbocycles. The molecule has 0 unspecified atom stereocenters. The van der Waals surface area contributed by atoms with Crippen LogP contribution in [-0.2, 0) is 4.74 Å². The van der Waals surface area contributed by atoms with E-state index < -0.39 is 6.09 Å². The van der Waals surface area contributed by atoms with Gasteiger partial charge in [0.25, 0.3) is 0 Å². The van der Waals surface area contributed by atoms with E-state index in [2.05, 4.69) is 5.32 Å². The molecule has 0 aromatic heterocycles. The summed E-state index contributed by atoms with van der Waals surface area (Å²) in [5, 5.41) is 3.60. The highest BCUT2D eigenvalue weighted by Crippen LogP contribution is 2.32. The number of carbonyl (C=O) groups excluding carboxylic acids is 1. The highest BCUT2D eigenvalue weighted by Gasteiger charge is 2.18. The molecule has 0 spiro atoms. The second-order valence-corrected chi connectivity index (χ2v) is 5.76. The van der Waals surface area contributed by atoms with Gasteiger partial charge in [0, 0.05) is 0 Å². The third-order valence-corrected chi connectivity index (χ3v) is 4.11. The molecule has 1 fully saturated rings. The lowest BCUT2D eigenvalue weighted by Crippen LogP contribution is -2.24. The zero-order valence-corrected chi connectivity index (χ0v) is 12.5. The molecule has 0 heterocycles. The van der Waals surface area contributed by atoms with Gasteiger partial charge in [-0.05, 0) is 37.8 Å². The van der Waals surface area contributed by atoms with E-state index >= 15 is 0 Å². The Morgan fingerprint density at radius 3 is 2.37 bits per heavy atom. The van der Waals surface area contributed by atoms with Crippen molar-refractivity contribution in [2.75, 3.05) is 5.32 Å². The van der Waals surface area contributed by atoms with Crippen LogP contribution in [0.4, 0.5) is 10.5 Å². The SMILES string of the molecule is O=C(Nc1cc(Cl)c(Cl)cc1Cl)OC1CCCCC1. The summed E-state index contributed by atoms with van der Waals surface area (Å²) < 4.78 is 5.34. The van der Waals surface area contributed by atoms with Gasteiger partial charge in [-0.2, -0.15) is 0 Å². The first-order chi connectivity index (χ1) is 9.06. The standard InChI is InChI=1S/C13H14Cl3NO2/c14-9-6-11(16)12(7-10(9)15)17-13(18)19-8-4-2-1-3-5-8/h6-8H,1-5H2,(H,17,18). The van der Waals surface area contributed by atoms with Crippen LogP contribution in [0.25, 0.3) is 0 Å². The fourth-order valence-electron chi connectivity index (χ4n) is 2.09. The van der Waals surface area contributed by atoms with Crippen molar-refractivity contribution >= 4 is 46.6 Å². The number of benzene rings is 1. The lowest BCUT2D eigenvalue weighted by Gasteiger charge is -2.22. The normalized spacial score (nSPS) is 16.2. The second kappa shape index (κ2) is 6.69. The Morgan fingerprint density at radius 1 is 1.05 bits per heavy atom. The maximum Gasteiger partial charge on any atom is 0.411 e. The molecule has 104 valence electrons. The van der Waals surface area contributed by atoms with E-state index in [4.69, 9.17) is 39.5 Å². The van der Waals surface area contributed by atoms with E-state index in [1.807, 2.05) is 0 Å². The van der Waals surface area contributed by atoms with Crippen LogP contribution in [0.3, 0.4) is 0 Å². The number of hydrogen-bond donors (Lipinski definition) is 1. The molecular weight excluding hydrogens is 309 g/mol. The highest BCUT2D eigenvalue weighted by atomic mass is 35.5. The van der Waals surface area contributed by atoms with Gasteiger partial charge in [-0.25, -0.2) is 4.79 Å². The van der Waals surface area contributed by atoms with Gasteiger partial charge in [0.05, 0.1) is 20.8 Å². The van der Waals surface area contributed by atoms with Gasteiger partial charge in [-0.1, -0.05) is 41.2 Å². The molecule has 0 saturated heterocycles. The topological polar surface area (TPSA) is 38.3 Å². The van der Waals surface area contributed by atoms with Gasteiger partial charge >= 0.3 is 6.09 Å². The highest BCUT2D eigenvalue weighted by molar-refractivity contribution is 6.44. The Labute approximate surface area is 127 Å². The number of hydrogen-bond acceptors (Lipinski definition) is 2. The van der Waals surface area contributed by atoms with Crippen molar-refractivity contribution in [1.29, 1.82) is 0 Å². The number of anilines is 1. The molecule has 1 aromatic rings. The number of amides is 1. The van der Waals surface area contributed by atoms with Crippen LogP contribution in [-0.4, -0.2) is 12.2 Å². The first-order valence-corrected chi connectivity index (χ1v) is 7.32. The minimum atomic E-state index is -0.507. The van der Waals surface area contributed by atoms with E-state index in [1.165, 1.54) is 18.6 Å². The largest absolute Gasteiger partial charge is 0.446 e. The van der Waals surface area contributed by atoms with E-state index in [9.17, 15) is 4.79 Å². The quantitative estimate of drug-likeness (QED) is 0.727. The van der Waals surface area contributed by atoms with Crippen LogP contribution in [0.2, 0.25) is 15.1 Å². The lowest BCUT2D eigenvalue weighted by atomic mass is 9.98. The fourth-order valence-corrected chi connectivity index (χ4v) is 2.69. The minimum Gasteiger partial charge on any atom is -0.446 e. The summed E-state index contributed by atoms with van der Waals surface area (Å²) in [6.45, 7) is 0. The molecule has 1 aliphatic rings. The average Bonchev–Trinajstić information content (AvgIpc) is 2.37. The van der Waals surface area contributed by atoms with E-state index in [1.54, 1.807) is 0 Å². The van der Waals surface area contributed by atoms with Crippen LogP contribution < -0.4 is 5.32 Å². The van der Waals surface area contributed by atoms with Crippen LogP contribution in [0.1, 0.15) is 32.1 Å². The van der Waals surface area contributed by atoms with Crippen LogP contribution >= 0.6 is 34.8 Å². The minimum absolute atomic E-state index is 0.00435. The summed E-state index contributed by atoms with van der Waals surface area (Å²) in [5.74, 6) is 0. The van der Waals surface area contributed by atoms with Crippen molar-refractivity contribution in [3.05, 3.63) is 27.2 Å². The molecule has 1 amide bonds. The van der Waals surface area contributed by atoms with Gasteiger partial charge in [0.2, 0.25) is 0 Å². The molecule has 19 heavy (non-hydrogen) atoms. The Bertz CT molecular complexity index is 473.